The van der Waals surface area contributed by atoms with E-state index in [9.17, 15) is 23.9 Å². The zero-order chi connectivity index (χ0) is 27.7. The van der Waals surface area contributed by atoms with Gasteiger partial charge in [-0.05, 0) is 62.2 Å². The number of carbonyl (C=O) groups is 3. The molecule has 1 aromatic carbocycles. The van der Waals surface area contributed by atoms with Crippen LogP contribution in [0.4, 0.5) is 10.1 Å². The van der Waals surface area contributed by atoms with Crippen LogP contribution in [0.5, 0.6) is 0 Å². The summed E-state index contributed by atoms with van der Waals surface area (Å²) in [5.41, 5.74) is 2.37. The van der Waals surface area contributed by atoms with Crippen LogP contribution in [-0.2, 0) is 9.59 Å². The van der Waals surface area contributed by atoms with Crippen LogP contribution in [0, 0.1) is 25.1 Å². The van der Waals surface area contributed by atoms with E-state index in [-0.39, 0.29) is 11.5 Å². The number of hydrogen-bond acceptors (Lipinski definition) is 4. The molecule has 200 valence electrons. The lowest BCUT2D eigenvalue weighted by Crippen LogP contribution is -2.51. The number of amides is 2. The van der Waals surface area contributed by atoms with Crippen molar-refractivity contribution < 1.29 is 23.9 Å². The van der Waals surface area contributed by atoms with Gasteiger partial charge in [0.1, 0.15) is 11.9 Å². The number of likely N-dealkylation sites (N-methyl/N-ethyl adjacent to an activating group) is 1. The van der Waals surface area contributed by atoms with Crippen molar-refractivity contribution in [1.29, 1.82) is 0 Å². The minimum Gasteiger partial charge on any atom is -0.480 e. The zero-order valence-corrected chi connectivity index (χ0v) is 22.7. The zero-order valence-electron chi connectivity index (χ0n) is 22.7. The standard InChI is InChI=1S/C28H37FN4O4/c1-8-32(9-2)13-12-30-25(34)23-16(3)21(31-17(23)4)15-20-19-14-18(29)10-11-22(19)33(26(20)35)24(27(36)37)28(5,6)7/h10-11,14-15,24,31H,8-9,12-13H2,1-7H3,(H,30,34)(H,36,37). The molecule has 3 N–H and O–H groups in total. The molecule has 2 heterocycles. The molecule has 0 radical (unpaired) electrons. The van der Waals surface area contributed by atoms with Crippen LogP contribution in [-0.4, -0.2) is 65.0 Å². The molecule has 0 aliphatic carbocycles. The number of H-pyrrole nitrogens is 1. The molecule has 0 spiro atoms. The highest BCUT2D eigenvalue weighted by Gasteiger charge is 2.45. The van der Waals surface area contributed by atoms with Gasteiger partial charge in [-0.15, -0.1) is 0 Å². The average Bonchev–Trinajstić information content (AvgIpc) is 3.23. The predicted octanol–water partition coefficient (Wildman–Crippen LogP) is 4.23. The number of rotatable bonds is 9. The molecule has 2 aromatic rings. The van der Waals surface area contributed by atoms with E-state index in [1.807, 2.05) is 0 Å². The molecule has 1 aromatic heterocycles. The number of aromatic nitrogens is 1. The first-order valence-electron chi connectivity index (χ1n) is 12.6. The Bertz CT molecular complexity index is 1240. The number of nitrogens with one attached hydrogen (secondary N) is 2. The van der Waals surface area contributed by atoms with Gasteiger partial charge in [-0.25, -0.2) is 9.18 Å². The van der Waals surface area contributed by atoms with Crippen LogP contribution in [0.1, 0.15) is 67.5 Å². The summed E-state index contributed by atoms with van der Waals surface area (Å²) < 4.78 is 14.3. The number of aryl methyl sites for hydroxylation is 1. The largest absolute Gasteiger partial charge is 0.480 e. The average molecular weight is 513 g/mol. The number of nitrogens with zero attached hydrogens (tertiary/aromatic N) is 2. The second-order valence-corrected chi connectivity index (χ2v) is 10.4. The van der Waals surface area contributed by atoms with Gasteiger partial charge in [0.2, 0.25) is 0 Å². The summed E-state index contributed by atoms with van der Waals surface area (Å²) in [4.78, 5) is 45.5. The van der Waals surface area contributed by atoms with E-state index in [1.165, 1.54) is 23.1 Å². The molecule has 3 rings (SSSR count). The third kappa shape index (κ3) is 5.61. The first-order valence-corrected chi connectivity index (χ1v) is 12.6. The number of benzene rings is 1. The van der Waals surface area contributed by atoms with E-state index >= 15 is 0 Å². The summed E-state index contributed by atoms with van der Waals surface area (Å²) in [6.45, 7) is 16.0. The molecule has 1 atom stereocenters. The Morgan fingerprint density at radius 2 is 1.86 bits per heavy atom. The number of carboxylic acids is 1. The van der Waals surface area contributed by atoms with Gasteiger partial charge >= 0.3 is 5.97 Å². The maximum Gasteiger partial charge on any atom is 0.327 e. The normalized spacial score (nSPS) is 15.4. The summed E-state index contributed by atoms with van der Waals surface area (Å²) in [5, 5.41) is 12.9. The van der Waals surface area contributed by atoms with Crippen LogP contribution in [0.2, 0.25) is 0 Å². The number of halogens is 1. The van der Waals surface area contributed by atoms with Gasteiger partial charge in [-0.2, -0.15) is 0 Å². The van der Waals surface area contributed by atoms with Gasteiger partial charge in [-0.3, -0.25) is 14.5 Å². The predicted molar refractivity (Wildman–Crippen MR) is 143 cm³/mol. The highest BCUT2D eigenvalue weighted by Crippen LogP contribution is 2.43. The molecule has 0 saturated heterocycles. The number of anilines is 1. The Morgan fingerprint density at radius 3 is 2.43 bits per heavy atom. The van der Waals surface area contributed by atoms with E-state index in [4.69, 9.17) is 0 Å². The van der Waals surface area contributed by atoms with Crippen LogP contribution in [0.3, 0.4) is 0 Å². The topological polar surface area (TPSA) is 106 Å². The van der Waals surface area contributed by atoms with Crippen molar-refractivity contribution in [3.05, 3.63) is 52.1 Å². The van der Waals surface area contributed by atoms with Gasteiger partial charge < -0.3 is 20.3 Å². The van der Waals surface area contributed by atoms with E-state index in [0.29, 0.717) is 40.3 Å². The highest BCUT2D eigenvalue weighted by atomic mass is 19.1. The number of carboxylic acid groups (broad SMARTS) is 1. The molecule has 0 fully saturated rings. The molecule has 0 saturated carbocycles. The molecular weight excluding hydrogens is 475 g/mol. The third-order valence-corrected chi connectivity index (χ3v) is 6.87. The van der Waals surface area contributed by atoms with Crippen molar-refractivity contribution in [2.45, 2.75) is 54.5 Å². The Balaban J connectivity index is 2.01. The lowest BCUT2D eigenvalue weighted by molar-refractivity contribution is -0.142. The second-order valence-electron chi connectivity index (χ2n) is 10.4. The molecule has 37 heavy (non-hydrogen) atoms. The highest BCUT2D eigenvalue weighted by molar-refractivity contribution is 6.36. The van der Waals surface area contributed by atoms with Crippen molar-refractivity contribution in [3.8, 4) is 0 Å². The van der Waals surface area contributed by atoms with Gasteiger partial charge in [0.05, 0.1) is 16.8 Å². The lowest BCUT2D eigenvalue weighted by atomic mass is 9.85. The summed E-state index contributed by atoms with van der Waals surface area (Å²) >= 11 is 0. The summed E-state index contributed by atoms with van der Waals surface area (Å²) in [5.74, 6) is -2.42. The number of aliphatic carboxylic acids is 1. The molecule has 1 aliphatic rings. The van der Waals surface area contributed by atoms with Crippen molar-refractivity contribution in [2.75, 3.05) is 31.1 Å². The van der Waals surface area contributed by atoms with E-state index in [1.54, 1.807) is 40.7 Å². The Hall–Kier alpha value is -3.46. The molecule has 8 nitrogen and oxygen atoms in total. The van der Waals surface area contributed by atoms with E-state index in [0.717, 1.165) is 19.6 Å². The van der Waals surface area contributed by atoms with Crippen LogP contribution in [0.25, 0.3) is 11.6 Å². The first-order chi connectivity index (χ1) is 17.3. The van der Waals surface area contributed by atoms with Crippen molar-refractivity contribution in [3.63, 3.8) is 0 Å². The Morgan fingerprint density at radius 1 is 1.22 bits per heavy atom. The Kier molecular flexibility index (Phi) is 8.27. The SMILES string of the molecule is CCN(CC)CCNC(=O)c1c(C)[nH]c(C=C2C(=O)N(C(C(=O)O)C(C)(C)C)c3ccc(F)cc32)c1C. The van der Waals surface area contributed by atoms with Crippen LogP contribution in [0.15, 0.2) is 18.2 Å². The monoisotopic (exact) mass is 512 g/mol. The smallest absolute Gasteiger partial charge is 0.327 e. The molecule has 1 unspecified atom stereocenters. The number of fused-ring (bicyclic) bond motifs is 1. The maximum atomic E-state index is 14.3. The third-order valence-electron chi connectivity index (χ3n) is 6.87. The van der Waals surface area contributed by atoms with Gasteiger partial charge in [-0.1, -0.05) is 34.6 Å². The first kappa shape index (κ1) is 28.1. The van der Waals surface area contributed by atoms with E-state index < -0.39 is 29.2 Å². The quantitative estimate of drug-likeness (QED) is 0.436. The molecule has 0 bridgehead atoms. The summed E-state index contributed by atoms with van der Waals surface area (Å²) in [6, 6.07) is 2.74. The number of hydrogen-bond donors (Lipinski definition) is 3. The fourth-order valence-corrected chi connectivity index (χ4v) is 4.91. The van der Waals surface area contributed by atoms with Crippen LogP contribution >= 0.6 is 0 Å². The van der Waals surface area contributed by atoms with Gasteiger partial charge in [0.25, 0.3) is 11.8 Å². The van der Waals surface area contributed by atoms with Crippen molar-refractivity contribution >= 4 is 35.1 Å². The number of carbonyl (C=O) groups excluding carboxylic acids is 2. The van der Waals surface area contributed by atoms with Crippen LogP contribution < -0.4 is 10.2 Å². The Labute approximate surface area is 217 Å². The molecule has 9 heteroatoms. The van der Waals surface area contributed by atoms with Gasteiger partial charge in [0.15, 0.2) is 0 Å². The fraction of sp³-hybridized carbons (Fsp3) is 0.464. The van der Waals surface area contributed by atoms with Crippen molar-refractivity contribution in [2.24, 2.45) is 5.41 Å². The fourth-order valence-electron chi connectivity index (χ4n) is 4.91. The second kappa shape index (κ2) is 10.9. The lowest BCUT2D eigenvalue weighted by Gasteiger charge is -2.34. The molecular formula is C28H37FN4O4. The maximum absolute atomic E-state index is 14.3. The minimum absolute atomic E-state index is 0.169. The van der Waals surface area contributed by atoms with E-state index in [2.05, 4.69) is 29.0 Å². The number of aromatic amines is 1. The summed E-state index contributed by atoms with van der Waals surface area (Å²) in [6.07, 6.45) is 1.58. The molecule has 1 aliphatic heterocycles. The summed E-state index contributed by atoms with van der Waals surface area (Å²) in [7, 11) is 0. The molecule has 2 amide bonds. The van der Waals surface area contributed by atoms with Gasteiger partial charge in [0, 0.05) is 30.0 Å². The minimum atomic E-state index is -1.16. The van der Waals surface area contributed by atoms with Crippen molar-refractivity contribution in [1.82, 2.24) is 15.2 Å².